The van der Waals surface area contributed by atoms with Crippen LogP contribution in [0.1, 0.15) is 10.4 Å². The van der Waals surface area contributed by atoms with Crippen molar-refractivity contribution in [2.45, 2.75) is 10.1 Å². The Balaban J connectivity index is 1.64. The monoisotopic (exact) mass is 344 g/mol. The number of nitrogens with zero attached hydrogens (tertiary/aromatic N) is 3. The van der Waals surface area contributed by atoms with Gasteiger partial charge in [-0.25, -0.2) is 0 Å². The molecule has 116 valence electrons. The molecule has 0 aliphatic carbocycles. The van der Waals surface area contributed by atoms with E-state index in [-0.39, 0.29) is 5.91 Å². The van der Waals surface area contributed by atoms with Crippen molar-refractivity contribution < 1.29 is 9.53 Å². The van der Waals surface area contributed by atoms with Crippen LogP contribution in [0.5, 0.6) is 5.75 Å². The van der Waals surface area contributed by atoms with Gasteiger partial charge in [-0.3, -0.25) is 15.1 Å². The van der Waals surface area contributed by atoms with Gasteiger partial charge >= 0.3 is 0 Å². The summed E-state index contributed by atoms with van der Waals surface area (Å²) in [5.41, 5.74) is 0.527. The predicted octanol–water partition coefficient (Wildman–Crippen LogP) is 3.35. The summed E-state index contributed by atoms with van der Waals surface area (Å²) in [6.07, 6.45) is 3.14. The third-order valence-corrected chi connectivity index (χ3v) is 4.46. The first kappa shape index (κ1) is 15.4. The molecule has 0 spiro atoms. The highest BCUT2D eigenvalue weighted by atomic mass is 32.2. The Hall–Kier alpha value is -2.45. The largest absolute Gasteiger partial charge is 0.497 e. The van der Waals surface area contributed by atoms with Crippen molar-refractivity contribution in [1.29, 1.82) is 0 Å². The van der Waals surface area contributed by atoms with Gasteiger partial charge < -0.3 is 4.74 Å². The zero-order valence-corrected chi connectivity index (χ0v) is 13.7. The normalized spacial score (nSPS) is 10.3. The maximum atomic E-state index is 12.0. The molecule has 0 saturated heterocycles. The van der Waals surface area contributed by atoms with Gasteiger partial charge in [0.25, 0.3) is 5.91 Å². The lowest BCUT2D eigenvalue weighted by Crippen LogP contribution is -2.11. The number of hydrogen-bond acceptors (Lipinski definition) is 7. The van der Waals surface area contributed by atoms with Crippen LogP contribution in [0.3, 0.4) is 0 Å². The fraction of sp³-hybridized carbons (Fsp3) is 0.0667. The number of carbonyl (C=O) groups excluding carboxylic acids is 1. The van der Waals surface area contributed by atoms with Crippen molar-refractivity contribution in [2.75, 3.05) is 12.4 Å². The van der Waals surface area contributed by atoms with Crippen LogP contribution in [-0.4, -0.2) is 27.4 Å². The molecule has 0 saturated carbocycles. The molecule has 0 fully saturated rings. The first-order valence-electron chi connectivity index (χ1n) is 6.61. The quantitative estimate of drug-likeness (QED) is 0.765. The summed E-state index contributed by atoms with van der Waals surface area (Å²) >= 11 is 2.57. The van der Waals surface area contributed by atoms with Crippen molar-refractivity contribution in [1.82, 2.24) is 14.3 Å². The van der Waals surface area contributed by atoms with Crippen molar-refractivity contribution >= 4 is 34.3 Å². The van der Waals surface area contributed by atoms with Gasteiger partial charge in [0.1, 0.15) is 5.75 Å². The van der Waals surface area contributed by atoms with E-state index in [2.05, 4.69) is 19.7 Å². The lowest BCUT2D eigenvalue weighted by molar-refractivity contribution is 0.102. The third-order valence-electron chi connectivity index (χ3n) is 2.84. The van der Waals surface area contributed by atoms with E-state index < -0.39 is 0 Å². The number of benzene rings is 1. The second-order valence-corrected chi connectivity index (χ2v) is 6.14. The van der Waals surface area contributed by atoms with E-state index in [0.29, 0.717) is 15.9 Å². The lowest BCUT2D eigenvalue weighted by atomic mass is 10.2. The minimum Gasteiger partial charge on any atom is -0.497 e. The Kier molecular flexibility index (Phi) is 4.84. The summed E-state index contributed by atoms with van der Waals surface area (Å²) in [6.45, 7) is 0. The van der Waals surface area contributed by atoms with E-state index in [0.717, 1.165) is 22.2 Å². The predicted molar refractivity (Wildman–Crippen MR) is 89.2 cm³/mol. The number of nitrogens with one attached hydrogen (secondary N) is 1. The number of pyridine rings is 1. The molecule has 3 rings (SSSR count). The second-order valence-electron chi connectivity index (χ2n) is 4.35. The molecule has 2 aromatic heterocycles. The Labute approximate surface area is 141 Å². The summed E-state index contributed by atoms with van der Waals surface area (Å²) < 4.78 is 9.35. The highest BCUT2D eigenvalue weighted by Gasteiger charge is 2.10. The average Bonchev–Trinajstić information content (AvgIpc) is 3.03. The number of anilines is 1. The molecule has 6 nitrogen and oxygen atoms in total. The highest BCUT2D eigenvalue weighted by Crippen LogP contribution is 2.29. The standard InChI is InChI=1S/C15H12N4O2S2/c1-21-11-2-4-12(5-3-11)22-15-18-14(23-19-15)17-13(20)10-6-8-16-9-7-10/h2-9H,1H3,(H,17,18,19,20). The summed E-state index contributed by atoms with van der Waals surface area (Å²) in [5, 5.41) is 3.78. The topological polar surface area (TPSA) is 77.0 Å². The van der Waals surface area contributed by atoms with Gasteiger partial charge in [-0.15, -0.1) is 0 Å². The van der Waals surface area contributed by atoms with Crippen LogP contribution in [-0.2, 0) is 0 Å². The summed E-state index contributed by atoms with van der Waals surface area (Å²) in [6, 6.07) is 10.9. The van der Waals surface area contributed by atoms with Crippen LogP contribution < -0.4 is 10.1 Å². The molecule has 0 radical (unpaired) electrons. The van der Waals surface area contributed by atoms with E-state index in [1.807, 2.05) is 24.3 Å². The Morgan fingerprint density at radius 3 is 2.61 bits per heavy atom. The summed E-state index contributed by atoms with van der Waals surface area (Å²) in [4.78, 5) is 21.2. The molecule has 0 atom stereocenters. The molecule has 23 heavy (non-hydrogen) atoms. The van der Waals surface area contributed by atoms with Crippen molar-refractivity contribution in [3.05, 3.63) is 54.4 Å². The van der Waals surface area contributed by atoms with E-state index in [4.69, 9.17) is 4.74 Å². The van der Waals surface area contributed by atoms with Crippen molar-refractivity contribution in [2.24, 2.45) is 0 Å². The molecular formula is C15H12N4O2S2. The van der Waals surface area contributed by atoms with Crippen LogP contribution in [0.4, 0.5) is 5.13 Å². The molecule has 1 aromatic carbocycles. The molecule has 0 aliphatic heterocycles. The Morgan fingerprint density at radius 2 is 1.91 bits per heavy atom. The van der Waals surface area contributed by atoms with Gasteiger partial charge in [0.2, 0.25) is 10.3 Å². The van der Waals surface area contributed by atoms with Gasteiger partial charge in [-0.05, 0) is 48.2 Å². The minimum absolute atomic E-state index is 0.232. The lowest BCUT2D eigenvalue weighted by Gasteiger charge is -2.01. The fourth-order valence-corrected chi connectivity index (χ4v) is 3.13. The zero-order chi connectivity index (χ0) is 16.1. The molecule has 0 aliphatic rings. The average molecular weight is 344 g/mol. The van der Waals surface area contributed by atoms with E-state index >= 15 is 0 Å². The number of ether oxygens (including phenoxy) is 1. The van der Waals surface area contributed by atoms with Gasteiger partial charge in [-0.2, -0.15) is 9.36 Å². The van der Waals surface area contributed by atoms with Gasteiger partial charge in [0, 0.05) is 34.4 Å². The van der Waals surface area contributed by atoms with Gasteiger partial charge in [0.15, 0.2) is 0 Å². The van der Waals surface area contributed by atoms with E-state index in [9.17, 15) is 4.79 Å². The Morgan fingerprint density at radius 1 is 1.17 bits per heavy atom. The highest BCUT2D eigenvalue weighted by molar-refractivity contribution is 7.99. The van der Waals surface area contributed by atoms with E-state index in [1.165, 1.54) is 11.8 Å². The molecule has 1 N–H and O–H groups in total. The van der Waals surface area contributed by atoms with E-state index in [1.54, 1.807) is 31.6 Å². The maximum absolute atomic E-state index is 12.0. The molecule has 8 heteroatoms. The fourth-order valence-electron chi connectivity index (χ4n) is 1.72. The second kappa shape index (κ2) is 7.21. The Bertz CT molecular complexity index is 791. The van der Waals surface area contributed by atoms with Gasteiger partial charge in [0.05, 0.1) is 7.11 Å². The number of amides is 1. The first-order chi connectivity index (χ1) is 11.2. The third kappa shape index (κ3) is 4.05. The number of methoxy groups -OCH3 is 1. The maximum Gasteiger partial charge on any atom is 0.257 e. The SMILES string of the molecule is COc1ccc(Sc2nsc(NC(=O)c3ccncc3)n2)cc1. The first-order valence-corrected chi connectivity index (χ1v) is 8.20. The van der Waals surface area contributed by atoms with Crippen molar-refractivity contribution in [3.8, 4) is 5.75 Å². The molecule has 0 unspecified atom stereocenters. The van der Waals surface area contributed by atoms with Crippen molar-refractivity contribution in [3.63, 3.8) is 0 Å². The number of hydrogen-bond donors (Lipinski definition) is 1. The number of carbonyl (C=O) groups is 1. The van der Waals surface area contributed by atoms with Crippen LogP contribution in [0.2, 0.25) is 0 Å². The smallest absolute Gasteiger partial charge is 0.257 e. The van der Waals surface area contributed by atoms with Crippen LogP contribution >= 0.6 is 23.3 Å². The summed E-state index contributed by atoms with van der Waals surface area (Å²) in [7, 11) is 1.63. The molecule has 2 heterocycles. The molecular weight excluding hydrogens is 332 g/mol. The summed E-state index contributed by atoms with van der Waals surface area (Å²) in [5.74, 6) is 0.565. The minimum atomic E-state index is -0.232. The van der Waals surface area contributed by atoms with Gasteiger partial charge in [-0.1, -0.05) is 0 Å². The number of rotatable bonds is 5. The zero-order valence-electron chi connectivity index (χ0n) is 12.1. The molecule has 3 aromatic rings. The van der Waals surface area contributed by atoms with Crippen LogP contribution in [0.25, 0.3) is 0 Å². The number of aromatic nitrogens is 3. The molecule has 0 bridgehead atoms. The van der Waals surface area contributed by atoms with Crippen LogP contribution in [0.15, 0.2) is 58.8 Å². The molecule has 1 amide bonds. The van der Waals surface area contributed by atoms with Crippen LogP contribution in [0, 0.1) is 0 Å².